The van der Waals surface area contributed by atoms with Gasteiger partial charge in [-0.3, -0.25) is 9.69 Å². The van der Waals surface area contributed by atoms with Gasteiger partial charge in [0.25, 0.3) is 0 Å². The molecule has 0 radical (unpaired) electrons. The summed E-state index contributed by atoms with van der Waals surface area (Å²) in [5.74, 6) is 0.582. The molecule has 1 aliphatic rings. The Kier molecular flexibility index (Phi) is 6.96. The van der Waals surface area contributed by atoms with E-state index in [2.05, 4.69) is 39.5 Å². The van der Waals surface area contributed by atoms with Crippen molar-refractivity contribution < 1.29 is 9.53 Å². The van der Waals surface area contributed by atoms with E-state index in [1.165, 1.54) is 0 Å². The second kappa shape index (κ2) is 7.99. The number of unbranched alkanes of at least 4 members (excludes halogenated alkanes) is 1. The van der Waals surface area contributed by atoms with E-state index in [1.807, 2.05) is 11.9 Å². The number of morpholine rings is 1. The van der Waals surface area contributed by atoms with Crippen LogP contribution in [0.2, 0.25) is 0 Å². The lowest BCUT2D eigenvalue weighted by atomic mass is 9.99. The predicted octanol–water partition coefficient (Wildman–Crippen LogP) is 2.38. The van der Waals surface area contributed by atoms with Crippen LogP contribution in [0.4, 0.5) is 0 Å². The monoisotopic (exact) mass is 284 g/mol. The van der Waals surface area contributed by atoms with E-state index in [1.54, 1.807) is 0 Å². The van der Waals surface area contributed by atoms with Crippen molar-refractivity contribution in [2.75, 3.05) is 26.7 Å². The summed E-state index contributed by atoms with van der Waals surface area (Å²) in [6, 6.07) is -0.0225. The number of likely N-dealkylation sites (N-methyl/N-ethyl adjacent to an activating group) is 1. The van der Waals surface area contributed by atoms with Crippen LogP contribution in [0.25, 0.3) is 0 Å². The van der Waals surface area contributed by atoms with Crippen molar-refractivity contribution in [2.24, 2.45) is 5.92 Å². The highest BCUT2D eigenvalue weighted by atomic mass is 16.5. The number of nitrogens with zero attached hydrogens (tertiary/aromatic N) is 2. The fourth-order valence-electron chi connectivity index (χ4n) is 3.04. The van der Waals surface area contributed by atoms with Gasteiger partial charge in [-0.25, -0.2) is 0 Å². The number of carbonyl (C=O) groups excluding carboxylic acids is 1. The molecule has 20 heavy (non-hydrogen) atoms. The van der Waals surface area contributed by atoms with Crippen LogP contribution >= 0.6 is 0 Å². The highest BCUT2D eigenvalue weighted by Gasteiger charge is 2.35. The zero-order chi connectivity index (χ0) is 15.3. The zero-order valence-electron chi connectivity index (χ0n) is 14.1. The van der Waals surface area contributed by atoms with Gasteiger partial charge < -0.3 is 9.64 Å². The summed E-state index contributed by atoms with van der Waals surface area (Å²) in [5, 5.41) is 0. The molecule has 0 bridgehead atoms. The Morgan fingerprint density at radius 3 is 2.30 bits per heavy atom. The number of rotatable bonds is 6. The fourth-order valence-corrected chi connectivity index (χ4v) is 3.04. The van der Waals surface area contributed by atoms with Crippen molar-refractivity contribution in [1.29, 1.82) is 0 Å². The maximum absolute atomic E-state index is 12.7. The van der Waals surface area contributed by atoms with Gasteiger partial charge in [0.2, 0.25) is 5.91 Å². The third-order valence-corrected chi connectivity index (χ3v) is 3.95. The molecule has 0 aromatic carbocycles. The molecule has 3 unspecified atom stereocenters. The average Bonchev–Trinajstić information content (AvgIpc) is 2.34. The fraction of sp³-hybridized carbons (Fsp3) is 0.938. The lowest BCUT2D eigenvalue weighted by molar-refractivity contribution is -0.144. The van der Waals surface area contributed by atoms with Crippen molar-refractivity contribution >= 4 is 5.91 Å². The Hall–Kier alpha value is -0.610. The summed E-state index contributed by atoms with van der Waals surface area (Å²) in [6.45, 7) is 13.2. The van der Waals surface area contributed by atoms with Crippen LogP contribution in [0.1, 0.15) is 47.5 Å². The Morgan fingerprint density at radius 1 is 1.30 bits per heavy atom. The van der Waals surface area contributed by atoms with Crippen LogP contribution in [0, 0.1) is 5.92 Å². The summed E-state index contributed by atoms with van der Waals surface area (Å²) < 4.78 is 5.78. The van der Waals surface area contributed by atoms with Gasteiger partial charge in [0.15, 0.2) is 0 Å². The van der Waals surface area contributed by atoms with Crippen LogP contribution in [0.5, 0.6) is 0 Å². The van der Waals surface area contributed by atoms with Gasteiger partial charge in [-0.1, -0.05) is 27.2 Å². The molecular formula is C16H32N2O2. The average molecular weight is 284 g/mol. The first-order valence-corrected chi connectivity index (χ1v) is 8.01. The van der Waals surface area contributed by atoms with Gasteiger partial charge in [0.05, 0.1) is 18.2 Å². The standard InChI is InChI=1S/C16H32N2O2/c1-7-8-9-17(6)16(19)15(12(2)3)18-10-13(4)20-14(5)11-18/h12-15H,7-11H2,1-6H3. The second-order valence-corrected chi connectivity index (χ2v) is 6.51. The van der Waals surface area contributed by atoms with Crippen LogP contribution in [-0.2, 0) is 9.53 Å². The minimum absolute atomic E-state index is 0.0225. The van der Waals surface area contributed by atoms with Gasteiger partial charge >= 0.3 is 0 Å². The number of hydrogen-bond donors (Lipinski definition) is 0. The third kappa shape index (κ3) is 4.74. The number of amides is 1. The number of ether oxygens (including phenoxy) is 1. The van der Waals surface area contributed by atoms with Crippen molar-refractivity contribution in [3.8, 4) is 0 Å². The zero-order valence-corrected chi connectivity index (χ0v) is 14.1. The molecule has 1 heterocycles. The molecule has 1 amide bonds. The first kappa shape index (κ1) is 17.4. The van der Waals surface area contributed by atoms with E-state index < -0.39 is 0 Å². The molecule has 118 valence electrons. The van der Waals surface area contributed by atoms with Gasteiger partial charge in [-0.15, -0.1) is 0 Å². The first-order chi connectivity index (χ1) is 9.36. The van der Waals surface area contributed by atoms with Crippen molar-refractivity contribution in [3.63, 3.8) is 0 Å². The van der Waals surface area contributed by atoms with E-state index in [0.29, 0.717) is 5.92 Å². The summed E-state index contributed by atoms with van der Waals surface area (Å²) >= 11 is 0. The molecule has 4 heteroatoms. The van der Waals surface area contributed by atoms with Gasteiger partial charge in [-0.05, 0) is 26.2 Å². The first-order valence-electron chi connectivity index (χ1n) is 8.01. The second-order valence-electron chi connectivity index (χ2n) is 6.51. The van der Waals surface area contributed by atoms with Crippen molar-refractivity contribution in [2.45, 2.75) is 65.7 Å². The summed E-state index contributed by atoms with van der Waals surface area (Å²) in [4.78, 5) is 17.0. The molecule has 3 atom stereocenters. The number of carbonyl (C=O) groups is 1. The van der Waals surface area contributed by atoms with E-state index >= 15 is 0 Å². The summed E-state index contributed by atoms with van der Waals surface area (Å²) in [6.07, 6.45) is 2.60. The molecule has 1 aliphatic heterocycles. The number of hydrogen-bond acceptors (Lipinski definition) is 3. The Balaban J connectivity index is 2.74. The van der Waals surface area contributed by atoms with Crippen molar-refractivity contribution in [1.82, 2.24) is 9.80 Å². The van der Waals surface area contributed by atoms with Crippen molar-refractivity contribution in [3.05, 3.63) is 0 Å². The van der Waals surface area contributed by atoms with Crippen LogP contribution < -0.4 is 0 Å². The lowest BCUT2D eigenvalue weighted by Gasteiger charge is -2.42. The molecule has 0 aliphatic carbocycles. The lowest BCUT2D eigenvalue weighted by Crippen LogP contribution is -2.57. The molecule has 1 fully saturated rings. The maximum atomic E-state index is 12.7. The topological polar surface area (TPSA) is 32.8 Å². The minimum atomic E-state index is -0.0225. The molecule has 1 saturated heterocycles. The molecular weight excluding hydrogens is 252 g/mol. The van der Waals surface area contributed by atoms with Crippen LogP contribution in [0.3, 0.4) is 0 Å². The maximum Gasteiger partial charge on any atom is 0.239 e. The normalized spacial score (nSPS) is 25.8. The van der Waals surface area contributed by atoms with E-state index in [-0.39, 0.29) is 24.2 Å². The highest BCUT2D eigenvalue weighted by molar-refractivity contribution is 5.82. The molecule has 0 saturated carbocycles. The Morgan fingerprint density at radius 2 is 1.85 bits per heavy atom. The minimum Gasteiger partial charge on any atom is -0.373 e. The molecule has 0 N–H and O–H groups in total. The van der Waals surface area contributed by atoms with Crippen LogP contribution in [0.15, 0.2) is 0 Å². The quantitative estimate of drug-likeness (QED) is 0.751. The third-order valence-electron chi connectivity index (χ3n) is 3.95. The Labute approximate surface area is 124 Å². The summed E-state index contributed by atoms with van der Waals surface area (Å²) in [7, 11) is 1.93. The van der Waals surface area contributed by atoms with E-state index in [0.717, 1.165) is 32.5 Å². The molecule has 0 spiro atoms. The summed E-state index contributed by atoms with van der Waals surface area (Å²) in [5.41, 5.74) is 0. The molecule has 0 aromatic heterocycles. The van der Waals surface area contributed by atoms with E-state index in [4.69, 9.17) is 4.74 Å². The SMILES string of the molecule is CCCCN(C)C(=O)C(C(C)C)N1CC(C)OC(C)C1. The molecule has 0 aromatic rings. The smallest absolute Gasteiger partial charge is 0.239 e. The molecule has 1 rings (SSSR count). The molecule has 4 nitrogen and oxygen atoms in total. The highest BCUT2D eigenvalue weighted by Crippen LogP contribution is 2.20. The van der Waals surface area contributed by atoms with Gasteiger partial charge in [0, 0.05) is 26.7 Å². The largest absolute Gasteiger partial charge is 0.373 e. The van der Waals surface area contributed by atoms with Gasteiger partial charge in [0.1, 0.15) is 0 Å². The van der Waals surface area contributed by atoms with E-state index in [9.17, 15) is 4.79 Å². The Bertz CT molecular complexity index is 297. The predicted molar refractivity (Wildman–Crippen MR) is 82.8 cm³/mol. The van der Waals surface area contributed by atoms with Gasteiger partial charge in [-0.2, -0.15) is 0 Å². The van der Waals surface area contributed by atoms with Crippen LogP contribution in [-0.4, -0.2) is 60.6 Å².